The molecule has 0 aromatic carbocycles. The highest BCUT2D eigenvalue weighted by Crippen LogP contribution is 2.33. The molecule has 1 aromatic rings. The van der Waals surface area contributed by atoms with E-state index in [4.69, 9.17) is 4.74 Å². The molecule has 0 atom stereocenters. The number of hydrogen-bond acceptors (Lipinski definition) is 5. The number of rotatable bonds is 6. The van der Waals surface area contributed by atoms with Crippen LogP contribution in [0.5, 0.6) is 0 Å². The van der Waals surface area contributed by atoms with E-state index < -0.39 is 5.60 Å². The number of likely N-dealkylation sites (tertiary alicyclic amines) is 1. The van der Waals surface area contributed by atoms with Gasteiger partial charge >= 0.3 is 6.09 Å². The van der Waals surface area contributed by atoms with E-state index in [-0.39, 0.29) is 12.0 Å². The highest BCUT2D eigenvalue weighted by atomic mass is 16.6. The van der Waals surface area contributed by atoms with Crippen LogP contribution in [0, 0.1) is 6.92 Å². The van der Waals surface area contributed by atoms with Crippen molar-refractivity contribution in [2.45, 2.75) is 58.0 Å². The second-order valence-corrected chi connectivity index (χ2v) is 7.37. The third kappa shape index (κ3) is 4.14. The molecule has 2 amide bonds. The molecule has 0 bridgehead atoms. The Hall–Kier alpha value is -2.18. The molecule has 2 aliphatic rings. The molecule has 2 fully saturated rings. The number of carbonyl (C=O) groups is 2. The fourth-order valence-corrected chi connectivity index (χ4v) is 3.64. The molecule has 0 unspecified atom stereocenters. The Morgan fingerprint density at radius 3 is 2.62 bits per heavy atom. The van der Waals surface area contributed by atoms with Crippen LogP contribution in [0.15, 0.2) is 12.4 Å². The quantitative estimate of drug-likeness (QED) is 0.729. The van der Waals surface area contributed by atoms with Crippen LogP contribution >= 0.6 is 0 Å². The molecule has 2 aliphatic heterocycles. The number of hydrogen-bond donors (Lipinski definition) is 0. The van der Waals surface area contributed by atoms with Crippen LogP contribution in [0.2, 0.25) is 0 Å². The summed E-state index contributed by atoms with van der Waals surface area (Å²) in [6.07, 6.45) is 8.83. The summed E-state index contributed by atoms with van der Waals surface area (Å²) < 4.78 is 5.73. The van der Waals surface area contributed by atoms with Crippen molar-refractivity contribution in [1.29, 1.82) is 0 Å². The average molecular weight is 360 g/mol. The number of amides is 2. The fraction of sp³-hybridized carbons (Fsp3) is 0.684. The summed E-state index contributed by atoms with van der Waals surface area (Å²) in [6, 6.07) is 0. The predicted molar refractivity (Wildman–Crippen MR) is 96.8 cm³/mol. The zero-order chi connectivity index (χ0) is 18.6. The first-order chi connectivity index (χ1) is 12.5. The Labute approximate surface area is 154 Å². The van der Waals surface area contributed by atoms with Gasteiger partial charge < -0.3 is 14.5 Å². The van der Waals surface area contributed by atoms with E-state index in [0.29, 0.717) is 38.2 Å². The first-order valence-corrected chi connectivity index (χ1v) is 9.59. The highest BCUT2D eigenvalue weighted by Gasteiger charge is 2.47. The average Bonchev–Trinajstić information content (AvgIpc) is 2.94. The summed E-state index contributed by atoms with van der Waals surface area (Å²) in [5.74, 6) is -0.104. The maximum Gasteiger partial charge on any atom is 0.410 e. The van der Waals surface area contributed by atoms with Gasteiger partial charge in [-0.25, -0.2) is 9.78 Å². The number of unbranched alkanes of at least 4 members (excludes halogenated alkanes) is 3. The van der Waals surface area contributed by atoms with Gasteiger partial charge in [0.15, 0.2) is 0 Å². The SMILES string of the molecule is CCCCCCN1CC2(CCN(C(=O)c3cnc(C)cn3)CC2)OC1=O. The van der Waals surface area contributed by atoms with Gasteiger partial charge in [-0.3, -0.25) is 9.78 Å². The van der Waals surface area contributed by atoms with Crippen LogP contribution in [-0.2, 0) is 4.74 Å². The van der Waals surface area contributed by atoms with Gasteiger partial charge in [0, 0.05) is 38.7 Å². The minimum Gasteiger partial charge on any atom is -0.441 e. The smallest absolute Gasteiger partial charge is 0.410 e. The minimum atomic E-state index is -0.433. The van der Waals surface area contributed by atoms with Crippen LogP contribution in [0.1, 0.15) is 61.6 Å². The second-order valence-electron chi connectivity index (χ2n) is 7.37. The lowest BCUT2D eigenvalue weighted by Crippen LogP contribution is -2.49. The summed E-state index contributed by atoms with van der Waals surface area (Å²) in [6.45, 7) is 6.58. The third-order valence-electron chi connectivity index (χ3n) is 5.28. The van der Waals surface area contributed by atoms with E-state index in [9.17, 15) is 9.59 Å². The number of aryl methyl sites for hydroxylation is 1. The van der Waals surface area contributed by atoms with E-state index in [1.807, 2.05) is 11.8 Å². The lowest BCUT2D eigenvalue weighted by Gasteiger charge is -2.37. The molecule has 0 N–H and O–H groups in total. The summed E-state index contributed by atoms with van der Waals surface area (Å²) in [5, 5.41) is 0. The van der Waals surface area contributed by atoms with Gasteiger partial charge in [-0.2, -0.15) is 0 Å². The highest BCUT2D eigenvalue weighted by molar-refractivity contribution is 5.92. The summed E-state index contributed by atoms with van der Waals surface area (Å²) in [7, 11) is 0. The normalized spacial score (nSPS) is 19.1. The maximum absolute atomic E-state index is 12.6. The summed E-state index contributed by atoms with van der Waals surface area (Å²) >= 11 is 0. The molecule has 1 spiro atoms. The van der Waals surface area contributed by atoms with Crippen molar-refractivity contribution in [3.63, 3.8) is 0 Å². The minimum absolute atomic E-state index is 0.104. The maximum atomic E-state index is 12.6. The second kappa shape index (κ2) is 8.01. The number of piperidine rings is 1. The Bertz CT molecular complexity index is 639. The van der Waals surface area contributed by atoms with Crippen molar-refractivity contribution in [3.8, 4) is 0 Å². The van der Waals surface area contributed by atoms with Crippen LogP contribution < -0.4 is 0 Å². The Balaban J connectivity index is 1.52. The van der Waals surface area contributed by atoms with Crippen LogP contribution in [0.3, 0.4) is 0 Å². The standard InChI is InChI=1S/C19H28N4O3/c1-3-4-5-6-9-23-14-19(26-18(23)25)7-10-22(11-8-19)17(24)16-13-20-15(2)12-21-16/h12-13H,3-11,14H2,1-2H3. The predicted octanol–water partition coefficient (Wildman–Crippen LogP) is 2.79. The molecule has 26 heavy (non-hydrogen) atoms. The lowest BCUT2D eigenvalue weighted by molar-refractivity contribution is 0.00295. The van der Waals surface area contributed by atoms with Crippen molar-refractivity contribution in [2.24, 2.45) is 0 Å². The van der Waals surface area contributed by atoms with Gasteiger partial charge in [0.1, 0.15) is 11.3 Å². The zero-order valence-corrected chi connectivity index (χ0v) is 15.7. The Morgan fingerprint density at radius 1 is 1.19 bits per heavy atom. The number of carbonyl (C=O) groups excluding carboxylic acids is 2. The summed E-state index contributed by atoms with van der Waals surface area (Å²) in [4.78, 5) is 36.7. The van der Waals surface area contributed by atoms with Crippen LogP contribution in [-0.4, -0.2) is 63.5 Å². The van der Waals surface area contributed by atoms with Crippen LogP contribution in [0.25, 0.3) is 0 Å². The van der Waals surface area contributed by atoms with E-state index in [1.54, 1.807) is 11.1 Å². The monoisotopic (exact) mass is 360 g/mol. The molecule has 3 heterocycles. The molecule has 0 saturated carbocycles. The van der Waals surface area contributed by atoms with Gasteiger partial charge in [0.2, 0.25) is 0 Å². The molecule has 3 rings (SSSR count). The molecule has 1 aromatic heterocycles. The van der Waals surface area contributed by atoms with Crippen molar-refractivity contribution in [3.05, 3.63) is 23.8 Å². The van der Waals surface area contributed by atoms with Crippen LogP contribution in [0.4, 0.5) is 4.79 Å². The van der Waals surface area contributed by atoms with E-state index in [0.717, 1.165) is 25.1 Å². The van der Waals surface area contributed by atoms with Gasteiger partial charge in [-0.15, -0.1) is 0 Å². The molecule has 2 saturated heterocycles. The van der Waals surface area contributed by atoms with E-state index >= 15 is 0 Å². The molecule has 0 radical (unpaired) electrons. The van der Waals surface area contributed by atoms with E-state index in [1.165, 1.54) is 19.0 Å². The molecule has 7 nitrogen and oxygen atoms in total. The molecule has 0 aliphatic carbocycles. The number of nitrogens with zero attached hydrogens (tertiary/aromatic N) is 4. The van der Waals surface area contributed by atoms with Crippen molar-refractivity contribution in [2.75, 3.05) is 26.2 Å². The number of aromatic nitrogens is 2. The van der Waals surface area contributed by atoms with E-state index in [2.05, 4.69) is 16.9 Å². The number of ether oxygens (including phenoxy) is 1. The largest absolute Gasteiger partial charge is 0.441 e. The lowest BCUT2D eigenvalue weighted by atomic mass is 9.91. The molecule has 7 heteroatoms. The van der Waals surface area contributed by atoms with Crippen molar-refractivity contribution >= 4 is 12.0 Å². The summed E-state index contributed by atoms with van der Waals surface area (Å²) in [5.41, 5.74) is 0.723. The van der Waals surface area contributed by atoms with Gasteiger partial charge in [-0.1, -0.05) is 26.2 Å². The zero-order valence-electron chi connectivity index (χ0n) is 15.7. The first-order valence-electron chi connectivity index (χ1n) is 9.59. The Morgan fingerprint density at radius 2 is 1.96 bits per heavy atom. The topological polar surface area (TPSA) is 75.6 Å². The van der Waals surface area contributed by atoms with Crippen molar-refractivity contribution < 1.29 is 14.3 Å². The van der Waals surface area contributed by atoms with Gasteiger partial charge in [0.25, 0.3) is 5.91 Å². The van der Waals surface area contributed by atoms with Gasteiger partial charge in [0.05, 0.1) is 18.4 Å². The third-order valence-corrected chi connectivity index (χ3v) is 5.28. The first kappa shape index (κ1) is 18.6. The fourth-order valence-electron chi connectivity index (χ4n) is 3.64. The Kier molecular flexibility index (Phi) is 5.74. The molecular formula is C19H28N4O3. The molecular weight excluding hydrogens is 332 g/mol. The van der Waals surface area contributed by atoms with Crippen molar-refractivity contribution in [1.82, 2.24) is 19.8 Å². The van der Waals surface area contributed by atoms with Gasteiger partial charge in [-0.05, 0) is 13.3 Å². The molecule has 142 valence electrons.